The second kappa shape index (κ2) is 9.25. The molecule has 0 aliphatic carbocycles. The number of carbonyl (C=O) groups is 1. The summed E-state index contributed by atoms with van der Waals surface area (Å²) in [6.45, 7) is 2.96. The fraction of sp³-hybridized carbons (Fsp3) is 0. The van der Waals surface area contributed by atoms with Crippen molar-refractivity contribution in [1.82, 2.24) is 0 Å². The van der Waals surface area contributed by atoms with Gasteiger partial charge in [-0.05, 0) is 0 Å². The van der Waals surface area contributed by atoms with Crippen molar-refractivity contribution in [3.8, 4) is 0 Å². The standard InChI is InChI=1S/C3H4O2.2ClH/c1-2-3(4)5;;/h2H,1H2,(H,4,5);2*1H. The van der Waals surface area contributed by atoms with Gasteiger partial charge in [0.15, 0.2) is 0 Å². The van der Waals surface area contributed by atoms with Gasteiger partial charge in [0.25, 0.3) is 0 Å². The van der Waals surface area contributed by atoms with Crippen molar-refractivity contribution in [2.45, 2.75) is 0 Å². The first-order valence-corrected chi connectivity index (χ1v) is 1.12. The van der Waals surface area contributed by atoms with E-state index >= 15 is 0 Å². The molecule has 44 valence electrons. The molecule has 0 heterocycles. The van der Waals surface area contributed by atoms with E-state index in [-0.39, 0.29) is 24.8 Å². The number of carboxylic acids is 1. The largest absolute Gasteiger partial charge is 0.478 e. The molecule has 0 atom stereocenters. The maximum absolute atomic E-state index is 9.25. The number of hydrogen-bond acceptors (Lipinski definition) is 1. The zero-order valence-electron chi connectivity index (χ0n) is 3.46. The maximum atomic E-state index is 9.25. The van der Waals surface area contributed by atoms with E-state index < -0.39 is 5.97 Å². The fourth-order valence-corrected chi connectivity index (χ4v) is 0. The molecule has 0 aliphatic heterocycles. The fourth-order valence-electron chi connectivity index (χ4n) is 0. The molecule has 0 rings (SSSR count). The lowest BCUT2D eigenvalue weighted by Gasteiger charge is -1.64. The molecular formula is C3H6Cl2O2. The van der Waals surface area contributed by atoms with Gasteiger partial charge in [0, 0.05) is 6.08 Å². The van der Waals surface area contributed by atoms with E-state index in [0.717, 1.165) is 6.08 Å². The predicted molar refractivity (Wildman–Crippen MR) is 32.3 cm³/mol. The molecule has 0 radical (unpaired) electrons. The molecule has 0 bridgehead atoms. The van der Waals surface area contributed by atoms with Crippen LogP contribution in [0.4, 0.5) is 0 Å². The Balaban J connectivity index is -0.0000000800. The second-order valence-electron chi connectivity index (χ2n) is 0.542. The highest BCUT2D eigenvalue weighted by Crippen LogP contribution is 1.54. The van der Waals surface area contributed by atoms with Crippen LogP contribution in [0.5, 0.6) is 0 Å². The van der Waals surface area contributed by atoms with E-state index in [1.165, 1.54) is 0 Å². The minimum atomic E-state index is -0.981. The molecule has 7 heavy (non-hydrogen) atoms. The van der Waals surface area contributed by atoms with E-state index in [0.29, 0.717) is 0 Å². The highest BCUT2D eigenvalue weighted by molar-refractivity contribution is 5.85. The van der Waals surface area contributed by atoms with Crippen LogP contribution in [0.25, 0.3) is 0 Å². The molecule has 0 aromatic heterocycles. The van der Waals surface area contributed by atoms with E-state index in [2.05, 4.69) is 6.58 Å². The summed E-state index contributed by atoms with van der Waals surface area (Å²) in [4.78, 5) is 9.25. The van der Waals surface area contributed by atoms with E-state index in [9.17, 15) is 4.79 Å². The highest BCUT2D eigenvalue weighted by Gasteiger charge is 1.73. The van der Waals surface area contributed by atoms with Crippen LogP contribution in [0.2, 0.25) is 0 Å². The van der Waals surface area contributed by atoms with Gasteiger partial charge in [-0.15, -0.1) is 24.8 Å². The van der Waals surface area contributed by atoms with Crippen LogP contribution in [0.1, 0.15) is 0 Å². The van der Waals surface area contributed by atoms with Crippen LogP contribution >= 0.6 is 24.8 Å². The Labute approximate surface area is 54.0 Å². The van der Waals surface area contributed by atoms with Gasteiger partial charge < -0.3 is 5.11 Å². The van der Waals surface area contributed by atoms with Gasteiger partial charge in [-0.3, -0.25) is 0 Å². The molecule has 0 amide bonds. The Morgan fingerprint density at radius 2 is 1.71 bits per heavy atom. The number of aliphatic carboxylic acids is 1. The third-order valence-corrected chi connectivity index (χ3v) is 0.175. The quantitative estimate of drug-likeness (QED) is 0.561. The predicted octanol–water partition coefficient (Wildman–Crippen LogP) is 1.10. The van der Waals surface area contributed by atoms with Crippen LogP contribution in [0, 0.1) is 0 Å². The van der Waals surface area contributed by atoms with E-state index in [1.807, 2.05) is 0 Å². The van der Waals surface area contributed by atoms with Crippen molar-refractivity contribution in [2.24, 2.45) is 0 Å². The first kappa shape index (κ1) is 15.8. The molecule has 0 fully saturated rings. The van der Waals surface area contributed by atoms with Crippen LogP contribution in [-0.4, -0.2) is 11.1 Å². The number of halogens is 2. The molecule has 4 heteroatoms. The second-order valence-corrected chi connectivity index (χ2v) is 0.542. The summed E-state index contributed by atoms with van der Waals surface area (Å²) in [7, 11) is 0. The van der Waals surface area contributed by atoms with Gasteiger partial charge in [-0.2, -0.15) is 0 Å². The van der Waals surface area contributed by atoms with Crippen LogP contribution in [0.3, 0.4) is 0 Å². The SMILES string of the molecule is C=CC(=O)O.Cl.Cl. The zero-order valence-corrected chi connectivity index (χ0v) is 5.09. The summed E-state index contributed by atoms with van der Waals surface area (Å²) in [5.74, 6) is -0.981. The summed E-state index contributed by atoms with van der Waals surface area (Å²) < 4.78 is 0. The Morgan fingerprint density at radius 1 is 1.57 bits per heavy atom. The molecule has 0 saturated carbocycles. The number of hydrogen-bond donors (Lipinski definition) is 1. The Kier molecular flexibility index (Phi) is 20.9. The third-order valence-electron chi connectivity index (χ3n) is 0.175. The van der Waals surface area contributed by atoms with Crippen LogP contribution < -0.4 is 0 Å². The zero-order chi connectivity index (χ0) is 4.28. The number of rotatable bonds is 1. The summed E-state index contributed by atoms with van der Waals surface area (Å²) in [5.41, 5.74) is 0. The van der Waals surface area contributed by atoms with E-state index in [1.54, 1.807) is 0 Å². The minimum Gasteiger partial charge on any atom is -0.478 e. The Hall–Kier alpha value is -0.210. The van der Waals surface area contributed by atoms with Crippen LogP contribution in [-0.2, 0) is 4.79 Å². The normalized spacial score (nSPS) is 4.57. The summed E-state index contributed by atoms with van der Waals surface area (Å²) in [6.07, 6.45) is 0.833. The van der Waals surface area contributed by atoms with Gasteiger partial charge in [-0.25, -0.2) is 4.79 Å². The summed E-state index contributed by atoms with van der Waals surface area (Å²) in [6, 6.07) is 0. The molecule has 0 spiro atoms. The van der Waals surface area contributed by atoms with Crippen molar-refractivity contribution in [2.75, 3.05) is 0 Å². The molecule has 0 unspecified atom stereocenters. The van der Waals surface area contributed by atoms with Gasteiger partial charge >= 0.3 is 5.97 Å². The van der Waals surface area contributed by atoms with Crippen molar-refractivity contribution < 1.29 is 9.90 Å². The Bertz CT molecular complexity index is 62.0. The van der Waals surface area contributed by atoms with Gasteiger partial charge in [-0.1, -0.05) is 6.58 Å². The first-order valence-electron chi connectivity index (χ1n) is 1.12. The highest BCUT2D eigenvalue weighted by atomic mass is 35.5. The van der Waals surface area contributed by atoms with Crippen molar-refractivity contribution >= 4 is 30.8 Å². The van der Waals surface area contributed by atoms with Crippen molar-refractivity contribution in [3.05, 3.63) is 12.7 Å². The lowest BCUT2D eigenvalue weighted by molar-refractivity contribution is -0.131. The maximum Gasteiger partial charge on any atom is 0.327 e. The van der Waals surface area contributed by atoms with Crippen molar-refractivity contribution in [1.29, 1.82) is 0 Å². The molecule has 1 N–H and O–H groups in total. The average molecular weight is 145 g/mol. The molecule has 2 nitrogen and oxygen atoms in total. The van der Waals surface area contributed by atoms with Gasteiger partial charge in [0.2, 0.25) is 0 Å². The molecule has 0 aliphatic rings. The smallest absolute Gasteiger partial charge is 0.327 e. The topological polar surface area (TPSA) is 37.3 Å². The van der Waals surface area contributed by atoms with Gasteiger partial charge in [0.1, 0.15) is 0 Å². The first-order chi connectivity index (χ1) is 2.27. The summed E-state index contributed by atoms with van der Waals surface area (Å²) in [5, 5.41) is 7.60. The lowest BCUT2D eigenvalue weighted by atomic mass is 10.7. The monoisotopic (exact) mass is 144 g/mol. The molecule has 0 saturated heterocycles. The van der Waals surface area contributed by atoms with E-state index in [4.69, 9.17) is 5.11 Å². The molecule has 0 aromatic rings. The van der Waals surface area contributed by atoms with Gasteiger partial charge in [0.05, 0.1) is 0 Å². The Morgan fingerprint density at radius 3 is 1.71 bits per heavy atom. The summed E-state index contributed by atoms with van der Waals surface area (Å²) >= 11 is 0. The third kappa shape index (κ3) is 26.0. The molecular weight excluding hydrogens is 139 g/mol. The lowest BCUT2D eigenvalue weighted by Crippen LogP contribution is -1.82. The number of carboxylic acid groups (broad SMARTS) is 1. The minimum absolute atomic E-state index is 0. The molecule has 0 aromatic carbocycles. The van der Waals surface area contributed by atoms with Crippen LogP contribution in [0.15, 0.2) is 12.7 Å². The van der Waals surface area contributed by atoms with Crippen molar-refractivity contribution in [3.63, 3.8) is 0 Å². The average Bonchev–Trinajstić information content (AvgIpc) is 1.38.